The van der Waals surface area contributed by atoms with Gasteiger partial charge < -0.3 is 5.73 Å². The summed E-state index contributed by atoms with van der Waals surface area (Å²) >= 11 is 2.92. The maximum absolute atomic E-state index is 13.2. The van der Waals surface area contributed by atoms with E-state index in [4.69, 9.17) is 11.0 Å². The van der Waals surface area contributed by atoms with Gasteiger partial charge in [0.1, 0.15) is 11.9 Å². The molecule has 0 fully saturated rings. The summed E-state index contributed by atoms with van der Waals surface area (Å²) in [5, 5.41) is 8.63. The molecule has 0 aliphatic heterocycles. The molecule has 14 heavy (non-hydrogen) atoms. The predicted molar refractivity (Wildman–Crippen MR) is 53.7 cm³/mol. The van der Waals surface area contributed by atoms with E-state index in [0.717, 1.165) is 12.1 Å². The van der Waals surface area contributed by atoms with Crippen molar-refractivity contribution in [3.05, 3.63) is 29.1 Å². The molecule has 0 aliphatic rings. The summed E-state index contributed by atoms with van der Waals surface area (Å²) in [5.74, 6) is -1.12. The number of rotatable bonds is 2. The molecule has 2 N–H and O–H groups in total. The van der Waals surface area contributed by atoms with Gasteiger partial charge in [-0.1, -0.05) is 15.9 Å². The number of carbonyl (C=O) groups is 1. The van der Waals surface area contributed by atoms with Crippen LogP contribution < -0.4 is 5.73 Å². The molecule has 0 heterocycles. The lowest BCUT2D eigenvalue weighted by Crippen LogP contribution is -2.05. The number of alkyl halides is 1. The maximum Gasteiger partial charge on any atom is 0.176 e. The molecular formula is C9H6BrFN2O. The third kappa shape index (κ3) is 1.91. The molecular weight excluding hydrogens is 251 g/mol. The molecule has 0 saturated heterocycles. The number of Topliss-reactive ketones (excluding diaryl/α,β-unsaturated/α-hetero) is 1. The number of hydrogen-bond acceptors (Lipinski definition) is 3. The third-order valence-corrected chi connectivity index (χ3v) is 2.19. The van der Waals surface area contributed by atoms with Crippen LogP contribution >= 0.6 is 15.9 Å². The first-order valence-electron chi connectivity index (χ1n) is 3.68. The zero-order chi connectivity index (χ0) is 10.7. The van der Waals surface area contributed by atoms with Crippen LogP contribution in [0.15, 0.2) is 12.1 Å². The Balaban J connectivity index is 3.33. The zero-order valence-electron chi connectivity index (χ0n) is 7.05. The van der Waals surface area contributed by atoms with Crippen molar-refractivity contribution in [2.75, 3.05) is 11.1 Å². The largest absolute Gasteiger partial charge is 0.398 e. The van der Waals surface area contributed by atoms with Crippen molar-refractivity contribution in [3.8, 4) is 6.07 Å². The normalized spacial score (nSPS) is 9.50. The minimum Gasteiger partial charge on any atom is -0.398 e. The van der Waals surface area contributed by atoms with Gasteiger partial charge in [0.15, 0.2) is 5.78 Å². The van der Waals surface area contributed by atoms with Crippen molar-refractivity contribution in [1.29, 1.82) is 5.26 Å². The highest BCUT2D eigenvalue weighted by Crippen LogP contribution is 2.18. The number of ketones is 1. The third-order valence-electron chi connectivity index (χ3n) is 1.68. The fraction of sp³-hybridized carbons (Fsp3) is 0.111. The molecule has 5 heteroatoms. The Labute approximate surface area is 88.5 Å². The van der Waals surface area contributed by atoms with Crippen LogP contribution in [0.5, 0.6) is 0 Å². The fourth-order valence-corrected chi connectivity index (χ4v) is 1.27. The van der Waals surface area contributed by atoms with E-state index in [1.54, 1.807) is 6.07 Å². The minimum absolute atomic E-state index is 0.0126. The summed E-state index contributed by atoms with van der Waals surface area (Å²) in [6.45, 7) is 0. The smallest absolute Gasteiger partial charge is 0.176 e. The van der Waals surface area contributed by atoms with Crippen molar-refractivity contribution in [3.63, 3.8) is 0 Å². The van der Waals surface area contributed by atoms with E-state index in [0.29, 0.717) is 0 Å². The van der Waals surface area contributed by atoms with E-state index in [2.05, 4.69) is 15.9 Å². The fourth-order valence-electron chi connectivity index (χ4n) is 0.971. The minimum atomic E-state index is -0.703. The summed E-state index contributed by atoms with van der Waals surface area (Å²) in [7, 11) is 0. The van der Waals surface area contributed by atoms with Crippen molar-refractivity contribution < 1.29 is 9.18 Å². The quantitative estimate of drug-likeness (QED) is 0.499. The van der Waals surface area contributed by atoms with Gasteiger partial charge in [0, 0.05) is 0 Å². The first kappa shape index (κ1) is 10.7. The van der Waals surface area contributed by atoms with E-state index < -0.39 is 11.6 Å². The Hall–Kier alpha value is -1.41. The highest BCUT2D eigenvalue weighted by atomic mass is 79.9. The van der Waals surface area contributed by atoms with E-state index >= 15 is 0 Å². The first-order chi connectivity index (χ1) is 6.60. The second-order valence-corrected chi connectivity index (χ2v) is 3.15. The van der Waals surface area contributed by atoms with E-state index in [9.17, 15) is 9.18 Å². The van der Waals surface area contributed by atoms with Crippen LogP contribution in [0.4, 0.5) is 10.1 Å². The maximum atomic E-state index is 13.2. The average molecular weight is 257 g/mol. The number of nitriles is 1. The molecule has 0 atom stereocenters. The van der Waals surface area contributed by atoms with Gasteiger partial charge >= 0.3 is 0 Å². The predicted octanol–water partition coefficient (Wildman–Crippen LogP) is 1.86. The van der Waals surface area contributed by atoms with Crippen molar-refractivity contribution in [2.45, 2.75) is 0 Å². The van der Waals surface area contributed by atoms with Crippen LogP contribution in [0.25, 0.3) is 0 Å². The molecule has 0 amide bonds. The van der Waals surface area contributed by atoms with Crippen LogP contribution in [0.3, 0.4) is 0 Å². The molecule has 1 rings (SSSR count). The second-order valence-electron chi connectivity index (χ2n) is 2.59. The number of halogens is 2. The average Bonchev–Trinajstić information content (AvgIpc) is 2.17. The zero-order valence-corrected chi connectivity index (χ0v) is 8.64. The lowest BCUT2D eigenvalue weighted by atomic mass is 10.1. The number of hydrogen-bond donors (Lipinski definition) is 1. The van der Waals surface area contributed by atoms with Crippen LogP contribution in [0.1, 0.15) is 15.9 Å². The summed E-state index contributed by atoms with van der Waals surface area (Å²) < 4.78 is 13.2. The second kappa shape index (κ2) is 4.20. The topological polar surface area (TPSA) is 66.9 Å². The van der Waals surface area contributed by atoms with Gasteiger partial charge in [-0.25, -0.2) is 4.39 Å². The number of nitrogens with zero attached hydrogens (tertiary/aromatic N) is 1. The lowest BCUT2D eigenvalue weighted by molar-refractivity contribution is 0.102. The van der Waals surface area contributed by atoms with Gasteiger partial charge in [0.25, 0.3) is 0 Å². The summed E-state index contributed by atoms with van der Waals surface area (Å²) in [6.07, 6.45) is 0. The number of nitrogen functional groups attached to an aromatic ring is 1. The molecule has 1 aromatic carbocycles. The molecule has 0 spiro atoms. The summed E-state index contributed by atoms with van der Waals surface area (Å²) in [4.78, 5) is 11.2. The summed E-state index contributed by atoms with van der Waals surface area (Å²) in [5.41, 5.74) is 5.38. The summed E-state index contributed by atoms with van der Waals surface area (Å²) in [6, 6.07) is 3.92. The standard InChI is InChI=1S/C9H6BrFN2O/c10-3-9(14)6-1-5(4-12)8(13)2-7(6)11/h1-2H,3,13H2. The van der Waals surface area contributed by atoms with Crippen LogP contribution in [0, 0.1) is 17.1 Å². The van der Waals surface area contributed by atoms with Gasteiger partial charge in [-0.2, -0.15) is 5.26 Å². The van der Waals surface area contributed by atoms with Gasteiger partial charge in [-0.3, -0.25) is 4.79 Å². The lowest BCUT2D eigenvalue weighted by Gasteiger charge is -2.02. The molecule has 1 aromatic rings. The van der Waals surface area contributed by atoms with Crippen LogP contribution in [0.2, 0.25) is 0 Å². The SMILES string of the molecule is N#Cc1cc(C(=O)CBr)c(F)cc1N. The first-order valence-corrected chi connectivity index (χ1v) is 4.80. The Morgan fingerprint density at radius 3 is 2.79 bits per heavy atom. The van der Waals surface area contributed by atoms with Gasteiger partial charge in [0.05, 0.1) is 22.1 Å². The number of benzene rings is 1. The molecule has 0 bridgehead atoms. The molecule has 0 aromatic heterocycles. The van der Waals surface area contributed by atoms with Crippen LogP contribution in [-0.4, -0.2) is 11.1 Å². The number of anilines is 1. The molecule has 72 valence electrons. The van der Waals surface area contributed by atoms with Gasteiger partial charge in [-0.05, 0) is 12.1 Å². The Morgan fingerprint density at radius 2 is 2.29 bits per heavy atom. The Morgan fingerprint density at radius 1 is 1.64 bits per heavy atom. The van der Waals surface area contributed by atoms with E-state index in [-0.39, 0.29) is 22.1 Å². The number of carbonyl (C=O) groups excluding carboxylic acids is 1. The van der Waals surface area contributed by atoms with Crippen molar-refractivity contribution in [2.24, 2.45) is 0 Å². The van der Waals surface area contributed by atoms with Crippen LogP contribution in [-0.2, 0) is 0 Å². The Kier molecular flexibility index (Phi) is 3.20. The number of nitrogens with two attached hydrogens (primary N) is 1. The van der Waals surface area contributed by atoms with Gasteiger partial charge in [0.2, 0.25) is 0 Å². The Bertz CT molecular complexity index is 426. The van der Waals surface area contributed by atoms with E-state index in [1.807, 2.05) is 0 Å². The van der Waals surface area contributed by atoms with Crippen molar-refractivity contribution in [1.82, 2.24) is 0 Å². The molecule has 3 nitrogen and oxygen atoms in total. The van der Waals surface area contributed by atoms with Gasteiger partial charge in [-0.15, -0.1) is 0 Å². The molecule has 0 aliphatic carbocycles. The molecule has 0 unspecified atom stereocenters. The highest BCUT2D eigenvalue weighted by molar-refractivity contribution is 9.09. The highest BCUT2D eigenvalue weighted by Gasteiger charge is 2.13. The monoisotopic (exact) mass is 256 g/mol. The molecule has 0 radical (unpaired) electrons. The van der Waals surface area contributed by atoms with E-state index in [1.165, 1.54) is 0 Å². The van der Waals surface area contributed by atoms with Crippen molar-refractivity contribution >= 4 is 27.4 Å². The molecule has 0 saturated carbocycles.